The number of pyridine rings is 1. The van der Waals surface area contributed by atoms with Crippen LogP contribution in [-0.4, -0.2) is 57.5 Å². The van der Waals surface area contributed by atoms with E-state index in [2.05, 4.69) is 21.0 Å². The van der Waals surface area contributed by atoms with Crippen molar-refractivity contribution in [2.24, 2.45) is 7.05 Å². The minimum atomic E-state index is -4.28. The highest BCUT2D eigenvalue weighted by atomic mass is 35.5. The van der Waals surface area contributed by atoms with E-state index in [1.165, 1.54) is 16.1 Å². The van der Waals surface area contributed by atoms with Crippen molar-refractivity contribution < 1.29 is 22.7 Å². The summed E-state index contributed by atoms with van der Waals surface area (Å²) in [5, 5.41) is 14.3. The second kappa shape index (κ2) is 14.8. The Kier molecular flexibility index (Phi) is 10.5. The van der Waals surface area contributed by atoms with E-state index in [0.29, 0.717) is 68.9 Å². The summed E-state index contributed by atoms with van der Waals surface area (Å²) >= 11 is 14.1. The second-order valence-corrected chi connectivity index (χ2v) is 12.8. The van der Waals surface area contributed by atoms with Gasteiger partial charge in [-0.15, -0.1) is 0 Å². The van der Waals surface area contributed by atoms with Crippen LogP contribution in [-0.2, 0) is 24.9 Å². The van der Waals surface area contributed by atoms with Crippen LogP contribution in [0.2, 0.25) is 10.0 Å². The Labute approximate surface area is 295 Å². The fraction of sp³-hybridized carbons (Fsp3) is 0.314. The molecule has 2 aromatic carbocycles. The number of methoxy groups -OCH3 is 1. The lowest BCUT2D eigenvalue weighted by molar-refractivity contribution is -0.133. The number of halogens is 5. The largest absolute Gasteiger partial charge is 0.481 e. The topological polar surface area (TPSA) is 115 Å². The van der Waals surface area contributed by atoms with E-state index in [0.717, 1.165) is 12.0 Å². The molecular weight excluding hydrogens is 694 g/mol. The highest BCUT2D eigenvalue weighted by molar-refractivity contribution is 6.39. The molecule has 0 bridgehead atoms. The van der Waals surface area contributed by atoms with Crippen LogP contribution in [0.4, 0.5) is 13.2 Å². The third-order valence-corrected chi connectivity index (χ3v) is 9.42. The SMILES string of the molecule is COc1nc(-c2cccc(-c3cccc(-c4cc5c(=O)n(C)c(CNCCC(F)(F)F)nn5c4)c3Cl)c2Cl)ccc1CNC[C@H]1CCC(=O)N1. The van der Waals surface area contributed by atoms with Crippen molar-refractivity contribution in [3.8, 4) is 39.4 Å². The molecule has 6 rings (SSSR count). The quantitative estimate of drug-likeness (QED) is 0.132. The minimum absolute atomic E-state index is 0.0159. The number of amides is 1. The molecule has 1 atom stereocenters. The Balaban J connectivity index is 1.25. The lowest BCUT2D eigenvalue weighted by Crippen LogP contribution is -2.35. The van der Waals surface area contributed by atoms with Crippen molar-refractivity contribution >= 4 is 34.6 Å². The Hall–Kier alpha value is -4.43. The molecule has 10 nitrogen and oxygen atoms in total. The van der Waals surface area contributed by atoms with Gasteiger partial charge in [0, 0.05) is 78.7 Å². The van der Waals surface area contributed by atoms with Crippen LogP contribution in [0.1, 0.15) is 30.7 Å². The number of ether oxygens (including phenoxy) is 1. The van der Waals surface area contributed by atoms with E-state index in [-0.39, 0.29) is 41.9 Å². The molecule has 50 heavy (non-hydrogen) atoms. The summed E-state index contributed by atoms with van der Waals surface area (Å²) in [7, 11) is 3.09. The van der Waals surface area contributed by atoms with Crippen LogP contribution in [0.25, 0.3) is 39.0 Å². The number of hydrogen-bond donors (Lipinski definition) is 3. The molecule has 0 aliphatic carbocycles. The van der Waals surface area contributed by atoms with Crippen molar-refractivity contribution in [2.75, 3.05) is 20.2 Å². The molecule has 0 unspecified atom stereocenters. The normalized spacial score (nSPS) is 14.8. The van der Waals surface area contributed by atoms with E-state index < -0.39 is 12.6 Å². The summed E-state index contributed by atoms with van der Waals surface area (Å²) in [6.45, 7) is 0.841. The van der Waals surface area contributed by atoms with Gasteiger partial charge < -0.3 is 20.7 Å². The first-order valence-corrected chi connectivity index (χ1v) is 16.7. The van der Waals surface area contributed by atoms with E-state index in [1.807, 2.05) is 48.5 Å². The molecule has 0 saturated carbocycles. The van der Waals surface area contributed by atoms with Gasteiger partial charge in [0.05, 0.1) is 35.8 Å². The van der Waals surface area contributed by atoms with Gasteiger partial charge in [0.2, 0.25) is 11.8 Å². The summed E-state index contributed by atoms with van der Waals surface area (Å²) in [6.07, 6.45) is -2.26. The number of rotatable bonds is 12. The third kappa shape index (κ3) is 7.65. The fourth-order valence-electron chi connectivity index (χ4n) is 5.95. The number of nitrogens with zero attached hydrogens (tertiary/aromatic N) is 4. The first-order valence-electron chi connectivity index (χ1n) is 15.9. The number of carbonyl (C=O) groups excluding carboxylic acids is 1. The predicted octanol–water partition coefficient (Wildman–Crippen LogP) is 6.15. The molecule has 15 heteroatoms. The monoisotopic (exact) mass is 727 g/mol. The average molecular weight is 729 g/mol. The van der Waals surface area contributed by atoms with Gasteiger partial charge in [-0.25, -0.2) is 9.50 Å². The average Bonchev–Trinajstić information content (AvgIpc) is 3.71. The van der Waals surface area contributed by atoms with Crippen LogP contribution in [0.15, 0.2) is 65.6 Å². The molecule has 262 valence electrons. The van der Waals surface area contributed by atoms with Gasteiger partial charge in [-0.05, 0) is 18.6 Å². The molecule has 0 spiro atoms. The summed E-state index contributed by atoms with van der Waals surface area (Å²) < 4.78 is 46.0. The molecular formula is C35H34Cl2F3N7O3. The zero-order valence-corrected chi connectivity index (χ0v) is 28.7. The summed E-state index contributed by atoms with van der Waals surface area (Å²) in [5.41, 5.74) is 4.67. The number of hydrogen-bond acceptors (Lipinski definition) is 7. The van der Waals surface area contributed by atoms with Crippen LogP contribution in [0.5, 0.6) is 5.88 Å². The summed E-state index contributed by atoms with van der Waals surface area (Å²) in [4.78, 5) is 29.4. The molecule has 1 saturated heterocycles. The predicted molar refractivity (Wildman–Crippen MR) is 186 cm³/mol. The van der Waals surface area contributed by atoms with Crippen LogP contribution >= 0.6 is 23.2 Å². The zero-order valence-electron chi connectivity index (χ0n) is 27.2. The Bertz CT molecular complexity index is 2120. The van der Waals surface area contributed by atoms with Crippen LogP contribution in [0.3, 0.4) is 0 Å². The van der Waals surface area contributed by atoms with Gasteiger partial charge >= 0.3 is 6.18 Å². The van der Waals surface area contributed by atoms with Crippen LogP contribution in [0, 0.1) is 0 Å². The summed E-state index contributed by atoms with van der Waals surface area (Å²) in [6, 6.07) is 16.7. The van der Waals surface area contributed by atoms with Gasteiger partial charge in [-0.3, -0.25) is 14.2 Å². The lowest BCUT2D eigenvalue weighted by Gasteiger charge is -2.15. The van der Waals surface area contributed by atoms with Crippen molar-refractivity contribution in [1.29, 1.82) is 0 Å². The van der Waals surface area contributed by atoms with Crippen LogP contribution < -0.4 is 26.2 Å². The minimum Gasteiger partial charge on any atom is -0.481 e. The Morgan fingerprint density at radius 3 is 2.36 bits per heavy atom. The van der Waals surface area contributed by atoms with Gasteiger partial charge in [0.25, 0.3) is 5.56 Å². The first-order chi connectivity index (χ1) is 23.9. The van der Waals surface area contributed by atoms with Crippen molar-refractivity contribution in [1.82, 2.24) is 35.1 Å². The molecule has 3 N–H and O–H groups in total. The molecule has 1 amide bonds. The Morgan fingerprint density at radius 1 is 0.980 bits per heavy atom. The molecule has 4 heterocycles. The van der Waals surface area contributed by atoms with Crippen molar-refractivity contribution in [2.45, 2.75) is 44.6 Å². The standard InChI is InChI=1S/C35H34Cl2F3N7O3/c1-46-29(18-41-14-13-35(38,39)40)45-47-19-21(15-28(47)34(46)49)23-5-3-6-24(31(23)36)25-7-4-8-26(32(25)37)27-11-9-20(33(44-27)50-2)16-42-17-22-10-12-30(48)43-22/h3-9,11,15,19,22,41-42H,10,12-14,16-18H2,1-2H3,(H,43,48)/t22-/m1/s1. The van der Waals surface area contributed by atoms with E-state index in [9.17, 15) is 22.8 Å². The maximum atomic E-state index is 13.2. The number of alkyl halides is 3. The van der Waals surface area contributed by atoms with E-state index in [1.54, 1.807) is 19.4 Å². The second-order valence-electron chi connectivity index (χ2n) is 12.0. The number of aromatic nitrogens is 4. The first kappa shape index (κ1) is 35.4. The van der Waals surface area contributed by atoms with Gasteiger partial charge in [-0.1, -0.05) is 65.7 Å². The smallest absolute Gasteiger partial charge is 0.390 e. The van der Waals surface area contributed by atoms with E-state index >= 15 is 0 Å². The highest BCUT2D eigenvalue weighted by Crippen LogP contribution is 2.42. The lowest BCUT2D eigenvalue weighted by atomic mass is 9.97. The highest BCUT2D eigenvalue weighted by Gasteiger charge is 2.26. The molecule has 5 aromatic rings. The van der Waals surface area contributed by atoms with E-state index in [4.69, 9.17) is 32.9 Å². The summed E-state index contributed by atoms with van der Waals surface area (Å²) in [5.74, 6) is 0.805. The van der Waals surface area contributed by atoms with Crippen molar-refractivity contribution in [3.05, 3.63) is 92.6 Å². The number of carbonyl (C=O) groups is 1. The fourth-order valence-corrected chi connectivity index (χ4v) is 6.61. The number of nitrogens with one attached hydrogen (secondary N) is 3. The maximum absolute atomic E-state index is 13.2. The Morgan fingerprint density at radius 2 is 1.68 bits per heavy atom. The van der Waals surface area contributed by atoms with Gasteiger partial charge in [-0.2, -0.15) is 18.3 Å². The zero-order chi connectivity index (χ0) is 35.6. The molecule has 1 fully saturated rings. The number of benzene rings is 2. The van der Waals surface area contributed by atoms with Crippen molar-refractivity contribution in [3.63, 3.8) is 0 Å². The molecule has 1 aliphatic heterocycles. The number of fused-ring (bicyclic) bond motifs is 1. The molecule has 0 radical (unpaired) electrons. The molecule has 1 aliphatic rings. The third-order valence-electron chi connectivity index (χ3n) is 8.60. The maximum Gasteiger partial charge on any atom is 0.390 e. The van der Waals surface area contributed by atoms with Gasteiger partial charge in [0.15, 0.2) is 0 Å². The molecule has 3 aromatic heterocycles. The van der Waals surface area contributed by atoms with Gasteiger partial charge in [0.1, 0.15) is 11.3 Å².